The summed E-state index contributed by atoms with van der Waals surface area (Å²) in [5.74, 6) is 2.42. The van der Waals surface area contributed by atoms with E-state index in [2.05, 4.69) is 27.0 Å². The lowest BCUT2D eigenvalue weighted by atomic mass is 9.95. The SMILES string of the molecule is CCSc1nnc(CNC(=O)c2ccc(OC)cc2)n1C1CCCCC1. The summed E-state index contributed by atoms with van der Waals surface area (Å²) >= 11 is 1.71. The molecule has 1 aliphatic rings. The van der Waals surface area contributed by atoms with Crippen molar-refractivity contribution in [2.75, 3.05) is 12.9 Å². The van der Waals surface area contributed by atoms with Crippen LogP contribution in [0, 0.1) is 0 Å². The molecule has 0 atom stereocenters. The predicted molar refractivity (Wildman–Crippen MR) is 103 cm³/mol. The number of carbonyl (C=O) groups is 1. The first-order valence-electron chi connectivity index (χ1n) is 9.21. The van der Waals surface area contributed by atoms with Crippen molar-refractivity contribution in [3.63, 3.8) is 0 Å². The summed E-state index contributed by atoms with van der Waals surface area (Å²) < 4.78 is 7.38. The molecule has 1 saturated carbocycles. The van der Waals surface area contributed by atoms with Crippen molar-refractivity contribution in [3.05, 3.63) is 35.7 Å². The van der Waals surface area contributed by atoms with Gasteiger partial charge in [0, 0.05) is 11.6 Å². The number of hydrogen-bond acceptors (Lipinski definition) is 5. The standard InChI is InChI=1S/C19H26N4O2S/c1-3-26-19-22-21-17(23(19)15-7-5-4-6-8-15)13-20-18(24)14-9-11-16(25-2)12-10-14/h9-12,15H,3-8,13H2,1-2H3,(H,20,24). The van der Waals surface area contributed by atoms with Crippen LogP contribution in [0.4, 0.5) is 0 Å². The molecule has 0 radical (unpaired) electrons. The Bertz CT molecular complexity index is 724. The van der Waals surface area contributed by atoms with Crippen molar-refractivity contribution in [2.24, 2.45) is 0 Å². The highest BCUT2D eigenvalue weighted by Gasteiger charge is 2.23. The molecule has 1 heterocycles. The molecule has 7 heteroatoms. The molecule has 0 unspecified atom stereocenters. The van der Waals surface area contributed by atoms with E-state index in [9.17, 15) is 4.79 Å². The molecule has 26 heavy (non-hydrogen) atoms. The Hall–Kier alpha value is -2.02. The highest BCUT2D eigenvalue weighted by atomic mass is 32.2. The summed E-state index contributed by atoms with van der Waals surface area (Å²) in [7, 11) is 1.61. The number of hydrogen-bond donors (Lipinski definition) is 1. The highest BCUT2D eigenvalue weighted by molar-refractivity contribution is 7.99. The van der Waals surface area contributed by atoms with Crippen LogP contribution in [0.2, 0.25) is 0 Å². The minimum atomic E-state index is -0.115. The summed E-state index contributed by atoms with van der Waals surface area (Å²) in [6.07, 6.45) is 6.12. The molecule has 0 bridgehead atoms. The third-order valence-corrected chi connectivity index (χ3v) is 5.53. The Kier molecular flexibility index (Phi) is 6.55. The lowest BCUT2D eigenvalue weighted by Crippen LogP contribution is -2.26. The normalized spacial score (nSPS) is 15.0. The smallest absolute Gasteiger partial charge is 0.251 e. The van der Waals surface area contributed by atoms with Gasteiger partial charge in [0.1, 0.15) is 5.75 Å². The Morgan fingerprint density at radius 3 is 2.62 bits per heavy atom. The quantitative estimate of drug-likeness (QED) is 0.746. The summed E-state index contributed by atoms with van der Waals surface area (Å²) in [4.78, 5) is 12.4. The van der Waals surface area contributed by atoms with Gasteiger partial charge in [-0.25, -0.2) is 0 Å². The van der Waals surface area contributed by atoms with Crippen molar-refractivity contribution in [1.29, 1.82) is 0 Å². The maximum absolute atomic E-state index is 12.4. The molecule has 0 aliphatic heterocycles. The number of carbonyl (C=O) groups excluding carboxylic acids is 1. The van der Waals surface area contributed by atoms with Gasteiger partial charge in [0.2, 0.25) is 0 Å². The van der Waals surface area contributed by atoms with Gasteiger partial charge < -0.3 is 14.6 Å². The summed E-state index contributed by atoms with van der Waals surface area (Å²) in [6.45, 7) is 2.51. The van der Waals surface area contributed by atoms with E-state index < -0.39 is 0 Å². The largest absolute Gasteiger partial charge is 0.497 e. The number of benzene rings is 1. The monoisotopic (exact) mass is 374 g/mol. The first-order valence-corrected chi connectivity index (χ1v) is 10.2. The highest BCUT2D eigenvalue weighted by Crippen LogP contribution is 2.32. The Morgan fingerprint density at radius 2 is 1.96 bits per heavy atom. The Balaban J connectivity index is 1.71. The summed E-state index contributed by atoms with van der Waals surface area (Å²) in [5.41, 5.74) is 0.609. The second-order valence-electron chi connectivity index (χ2n) is 6.40. The van der Waals surface area contributed by atoms with Gasteiger partial charge in [-0.15, -0.1) is 10.2 Å². The van der Waals surface area contributed by atoms with Gasteiger partial charge in [-0.2, -0.15) is 0 Å². The van der Waals surface area contributed by atoms with Crippen molar-refractivity contribution in [3.8, 4) is 5.75 Å². The second-order valence-corrected chi connectivity index (χ2v) is 7.64. The maximum Gasteiger partial charge on any atom is 0.251 e. The van der Waals surface area contributed by atoms with Gasteiger partial charge in [-0.05, 0) is 42.9 Å². The van der Waals surface area contributed by atoms with Crippen molar-refractivity contribution >= 4 is 17.7 Å². The third kappa shape index (κ3) is 4.38. The van der Waals surface area contributed by atoms with Crippen LogP contribution >= 0.6 is 11.8 Å². The lowest BCUT2D eigenvalue weighted by molar-refractivity contribution is 0.0949. The number of rotatable bonds is 7. The lowest BCUT2D eigenvalue weighted by Gasteiger charge is -2.25. The van der Waals surface area contributed by atoms with Crippen LogP contribution in [0.5, 0.6) is 5.75 Å². The van der Waals surface area contributed by atoms with E-state index in [4.69, 9.17) is 4.74 Å². The van der Waals surface area contributed by atoms with Gasteiger partial charge in [0.15, 0.2) is 11.0 Å². The van der Waals surface area contributed by atoms with Crippen molar-refractivity contribution < 1.29 is 9.53 Å². The number of amides is 1. The number of ether oxygens (including phenoxy) is 1. The van der Waals surface area contributed by atoms with Crippen LogP contribution in [0.15, 0.2) is 29.4 Å². The van der Waals surface area contributed by atoms with E-state index in [-0.39, 0.29) is 5.91 Å². The summed E-state index contributed by atoms with van der Waals surface area (Å²) in [6, 6.07) is 7.54. The van der Waals surface area contributed by atoms with Gasteiger partial charge in [-0.1, -0.05) is 37.9 Å². The fourth-order valence-electron chi connectivity index (χ4n) is 3.37. The molecule has 140 valence electrons. The van der Waals surface area contributed by atoms with E-state index in [1.54, 1.807) is 43.1 Å². The number of nitrogens with one attached hydrogen (secondary N) is 1. The predicted octanol–water partition coefficient (Wildman–Crippen LogP) is 3.83. The van der Waals surface area contributed by atoms with E-state index >= 15 is 0 Å². The minimum absolute atomic E-state index is 0.115. The van der Waals surface area contributed by atoms with Gasteiger partial charge in [-0.3, -0.25) is 4.79 Å². The fraction of sp³-hybridized carbons (Fsp3) is 0.526. The number of methoxy groups -OCH3 is 1. The topological polar surface area (TPSA) is 69.0 Å². The van der Waals surface area contributed by atoms with Crippen LogP contribution in [-0.2, 0) is 6.54 Å². The fourth-order valence-corrected chi connectivity index (χ4v) is 4.12. The number of nitrogens with zero attached hydrogens (tertiary/aromatic N) is 3. The average molecular weight is 375 g/mol. The molecule has 1 aromatic heterocycles. The van der Waals surface area contributed by atoms with E-state index in [1.165, 1.54) is 19.3 Å². The first kappa shape index (κ1) is 18.8. The van der Waals surface area contributed by atoms with Gasteiger partial charge in [0.25, 0.3) is 5.91 Å². The van der Waals surface area contributed by atoms with E-state index in [1.807, 2.05) is 0 Å². The molecule has 1 N–H and O–H groups in total. The molecule has 1 fully saturated rings. The molecule has 1 aromatic carbocycles. The minimum Gasteiger partial charge on any atom is -0.497 e. The number of aromatic nitrogens is 3. The molecule has 1 aliphatic carbocycles. The van der Waals surface area contributed by atoms with Crippen LogP contribution in [-0.4, -0.2) is 33.5 Å². The Morgan fingerprint density at radius 1 is 1.23 bits per heavy atom. The molecule has 1 amide bonds. The zero-order chi connectivity index (χ0) is 18.4. The van der Waals surface area contributed by atoms with E-state index in [0.717, 1.165) is 35.3 Å². The van der Waals surface area contributed by atoms with Crippen LogP contribution in [0.25, 0.3) is 0 Å². The van der Waals surface area contributed by atoms with Gasteiger partial charge in [0.05, 0.1) is 13.7 Å². The second kappa shape index (κ2) is 9.07. The zero-order valence-corrected chi connectivity index (χ0v) is 16.2. The molecule has 0 saturated heterocycles. The molecule has 0 spiro atoms. The van der Waals surface area contributed by atoms with Crippen LogP contribution in [0.1, 0.15) is 61.3 Å². The molecule has 2 aromatic rings. The van der Waals surface area contributed by atoms with Crippen molar-refractivity contribution in [1.82, 2.24) is 20.1 Å². The van der Waals surface area contributed by atoms with Crippen LogP contribution < -0.4 is 10.1 Å². The molecular formula is C19H26N4O2S. The van der Waals surface area contributed by atoms with Gasteiger partial charge >= 0.3 is 0 Å². The molecule has 6 nitrogen and oxygen atoms in total. The Labute approximate surface area is 158 Å². The van der Waals surface area contributed by atoms with Crippen LogP contribution in [0.3, 0.4) is 0 Å². The first-order chi connectivity index (χ1) is 12.7. The average Bonchev–Trinajstić information content (AvgIpc) is 3.09. The van der Waals surface area contributed by atoms with Crippen molar-refractivity contribution in [2.45, 2.75) is 56.8 Å². The molecule has 3 rings (SSSR count). The molecular weight excluding hydrogens is 348 g/mol. The van der Waals surface area contributed by atoms with E-state index in [0.29, 0.717) is 18.2 Å². The zero-order valence-electron chi connectivity index (χ0n) is 15.4. The maximum atomic E-state index is 12.4. The number of thioether (sulfide) groups is 1. The third-order valence-electron chi connectivity index (χ3n) is 4.71. The summed E-state index contributed by atoms with van der Waals surface area (Å²) in [5, 5.41) is 12.7.